The quantitative estimate of drug-likeness (QED) is 0.644. The van der Waals surface area contributed by atoms with Crippen LogP contribution in [0.1, 0.15) is 27.6 Å². The Bertz CT molecular complexity index is 1030. The highest BCUT2D eigenvalue weighted by Gasteiger charge is 2.37. The van der Waals surface area contributed by atoms with E-state index in [2.05, 4.69) is 10.3 Å². The van der Waals surface area contributed by atoms with Gasteiger partial charge in [0.05, 0.1) is 12.6 Å². The number of hydrogen-bond acceptors (Lipinski definition) is 5. The van der Waals surface area contributed by atoms with Gasteiger partial charge in [0.2, 0.25) is 5.91 Å². The molecule has 0 spiro atoms. The molecule has 2 heterocycles. The van der Waals surface area contributed by atoms with Crippen LogP contribution in [0.3, 0.4) is 0 Å². The lowest BCUT2D eigenvalue weighted by molar-refractivity contribution is -0.162. The Morgan fingerprint density at radius 1 is 1.06 bits per heavy atom. The SMILES string of the molecule is O=C(Nc1ccc([C@H]2OCC(=O)N(Cc3ccncc3)[C@@H]2CO)cc1)c1ccccc1. The summed E-state index contributed by atoms with van der Waals surface area (Å²) in [6.45, 7) is 0.0877. The van der Waals surface area contributed by atoms with E-state index in [1.807, 2.05) is 42.5 Å². The molecule has 0 radical (unpaired) electrons. The number of aliphatic hydroxyl groups is 1. The number of aliphatic hydroxyl groups excluding tert-OH is 1. The van der Waals surface area contributed by atoms with E-state index in [1.54, 1.807) is 41.6 Å². The second-order valence-corrected chi connectivity index (χ2v) is 7.30. The number of ether oxygens (including phenoxy) is 1. The Balaban J connectivity index is 1.48. The summed E-state index contributed by atoms with van der Waals surface area (Å²) in [7, 11) is 0. The number of pyridine rings is 1. The van der Waals surface area contributed by atoms with Crippen LogP contribution in [0.4, 0.5) is 5.69 Å². The number of hydrogen-bond donors (Lipinski definition) is 2. The van der Waals surface area contributed by atoms with Crippen molar-refractivity contribution in [2.24, 2.45) is 0 Å². The smallest absolute Gasteiger partial charge is 0.255 e. The number of carbonyl (C=O) groups excluding carboxylic acids is 2. The van der Waals surface area contributed by atoms with Crippen LogP contribution in [0.5, 0.6) is 0 Å². The number of nitrogens with zero attached hydrogens (tertiary/aromatic N) is 2. The Labute approximate surface area is 180 Å². The second kappa shape index (κ2) is 9.51. The molecule has 158 valence electrons. The fraction of sp³-hybridized carbons (Fsp3) is 0.208. The van der Waals surface area contributed by atoms with Crippen molar-refractivity contribution in [2.75, 3.05) is 18.5 Å². The van der Waals surface area contributed by atoms with Crippen LogP contribution in [-0.4, -0.2) is 46.1 Å². The third kappa shape index (κ3) is 4.79. The van der Waals surface area contributed by atoms with E-state index in [1.165, 1.54) is 0 Å². The van der Waals surface area contributed by atoms with Crippen molar-refractivity contribution in [1.29, 1.82) is 0 Å². The first-order chi connectivity index (χ1) is 15.2. The van der Waals surface area contributed by atoms with E-state index in [-0.39, 0.29) is 25.0 Å². The molecule has 2 N–H and O–H groups in total. The first-order valence-corrected chi connectivity index (χ1v) is 10.0. The number of amides is 2. The monoisotopic (exact) mass is 417 g/mol. The van der Waals surface area contributed by atoms with Crippen LogP contribution in [0.2, 0.25) is 0 Å². The number of benzene rings is 2. The summed E-state index contributed by atoms with van der Waals surface area (Å²) in [5, 5.41) is 12.9. The van der Waals surface area contributed by atoms with E-state index < -0.39 is 12.1 Å². The van der Waals surface area contributed by atoms with Crippen molar-refractivity contribution in [1.82, 2.24) is 9.88 Å². The van der Waals surface area contributed by atoms with E-state index >= 15 is 0 Å². The van der Waals surface area contributed by atoms with Crippen LogP contribution < -0.4 is 5.32 Å². The fourth-order valence-corrected chi connectivity index (χ4v) is 3.66. The van der Waals surface area contributed by atoms with Gasteiger partial charge in [-0.15, -0.1) is 0 Å². The molecule has 4 rings (SSSR count). The topological polar surface area (TPSA) is 91.8 Å². The van der Waals surface area contributed by atoms with Gasteiger partial charge in [-0.2, -0.15) is 0 Å². The fourth-order valence-electron chi connectivity index (χ4n) is 3.66. The van der Waals surface area contributed by atoms with Crippen molar-refractivity contribution in [3.8, 4) is 0 Å². The lowest BCUT2D eigenvalue weighted by atomic mass is 9.98. The molecule has 0 bridgehead atoms. The second-order valence-electron chi connectivity index (χ2n) is 7.30. The molecule has 1 aliphatic rings. The van der Waals surface area contributed by atoms with Gasteiger partial charge in [0, 0.05) is 30.2 Å². The molecule has 0 saturated carbocycles. The highest BCUT2D eigenvalue weighted by Crippen LogP contribution is 2.31. The molecule has 31 heavy (non-hydrogen) atoms. The van der Waals surface area contributed by atoms with E-state index in [4.69, 9.17) is 4.74 Å². The molecular formula is C24H23N3O4. The first-order valence-electron chi connectivity index (χ1n) is 10.0. The van der Waals surface area contributed by atoms with Gasteiger partial charge in [0.1, 0.15) is 12.7 Å². The molecule has 1 fully saturated rings. The lowest BCUT2D eigenvalue weighted by Crippen LogP contribution is -2.52. The Hall–Kier alpha value is -3.55. The molecule has 7 nitrogen and oxygen atoms in total. The molecule has 1 aliphatic heterocycles. The number of rotatable bonds is 6. The van der Waals surface area contributed by atoms with Gasteiger partial charge in [-0.25, -0.2) is 0 Å². The molecule has 0 unspecified atom stereocenters. The zero-order valence-corrected chi connectivity index (χ0v) is 16.8. The summed E-state index contributed by atoms with van der Waals surface area (Å²) >= 11 is 0. The highest BCUT2D eigenvalue weighted by molar-refractivity contribution is 6.04. The van der Waals surface area contributed by atoms with Crippen LogP contribution in [-0.2, 0) is 16.1 Å². The maximum atomic E-state index is 12.5. The molecule has 2 aromatic carbocycles. The first kappa shape index (κ1) is 20.7. The number of anilines is 1. The van der Waals surface area contributed by atoms with Gasteiger partial charge in [-0.3, -0.25) is 14.6 Å². The van der Waals surface area contributed by atoms with Crippen molar-refractivity contribution >= 4 is 17.5 Å². The molecule has 1 saturated heterocycles. The van der Waals surface area contributed by atoms with Crippen molar-refractivity contribution in [3.63, 3.8) is 0 Å². The molecule has 7 heteroatoms. The lowest BCUT2D eigenvalue weighted by Gasteiger charge is -2.40. The minimum Gasteiger partial charge on any atom is -0.394 e. The number of nitrogens with one attached hydrogen (secondary N) is 1. The summed E-state index contributed by atoms with van der Waals surface area (Å²) in [4.78, 5) is 30.5. The number of morpholine rings is 1. The van der Waals surface area contributed by atoms with Crippen molar-refractivity contribution in [2.45, 2.75) is 18.7 Å². The Kier molecular flexibility index (Phi) is 6.35. The molecule has 3 aromatic rings. The van der Waals surface area contributed by atoms with Crippen LogP contribution >= 0.6 is 0 Å². The van der Waals surface area contributed by atoms with E-state index in [0.29, 0.717) is 17.8 Å². The standard InChI is InChI=1S/C24H23N3O4/c28-15-21-23(31-16-22(29)27(21)14-17-10-12-25-13-11-17)18-6-8-20(9-7-18)26-24(30)19-4-2-1-3-5-19/h1-13,21,23,28H,14-16H2,(H,26,30)/t21-,23-/m1/s1. The summed E-state index contributed by atoms with van der Waals surface area (Å²) in [5.41, 5.74) is 2.98. The average Bonchev–Trinajstić information content (AvgIpc) is 2.82. The summed E-state index contributed by atoms with van der Waals surface area (Å²) in [5.74, 6) is -0.358. The summed E-state index contributed by atoms with van der Waals surface area (Å²) in [6, 6.07) is 19.4. The molecule has 2 amide bonds. The maximum absolute atomic E-state index is 12.5. The zero-order chi connectivity index (χ0) is 21.6. The van der Waals surface area contributed by atoms with Crippen LogP contribution in [0, 0.1) is 0 Å². The molecular weight excluding hydrogens is 394 g/mol. The summed E-state index contributed by atoms with van der Waals surface area (Å²) < 4.78 is 5.79. The Morgan fingerprint density at radius 2 is 1.77 bits per heavy atom. The number of carbonyl (C=O) groups is 2. The highest BCUT2D eigenvalue weighted by atomic mass is 16.5. The average molecular weight is 417 g/mol. The van der Waals surface area contributed by atoms with E-state index in [9.17, 15) is 14.7 Å². The van der Waals surface area contributed by atoms with Gasteiger partial charge < -0.3 is 20.1 Å². The van der Waals surface area contributed by atoms with Gasteiger partial charge in [0.15, 0.2) is 0 Å². The van der Waals surface area contributed by atoms with Gasteiger partial charge in [0.25, 0.3) is 5.91 Å². The maximum Gasteiger partial charge on any atom is 0.255 e. The van der Waals surface area contributed by atoms with Gasteiger partial charge in [-0.05, 0) is 47.5 Å². The molecule has 1 aromatic heterocycles. The predicted octanol–water partition coefficient (Wildman–Crippen LogP) is 2.79. The number of aromatic nitrogens is 1. The van der Waals surface area contributed by atoms with Crippen LogP contribution in [0.25, 0.3) is 0 Å². The minimum atomic E-state index is -0.515. The molecule has 2 atom stereocenters. The molecule has 0 aliphatic carbocycles. The zero-order valence-electron chi connectivity index (χ0n) is 16.8. The largest absolute Gasteiger partial charge is 0.394 e. The third-order valence-corrected chi connectivity index (χ3v) is 5.28. The van der Waals surface area contributed by atoms with E-state index in [0.717, 1.165) is 11.1 Å². The van der Waals surface area contributed by atoms with Crippen LogP contribution in [0.15, 0.2) is 79.1 Å². The van der Waals surface area contributed by atoms with Gasteiger partial charge in [-0.1, -0.05) is 30.3 Å². The van der Waals surface area contributed by atoms with Crippen molar-refractivity contribution < 1.29 is 19.4 Å². The minimum absolute atomic E-state index is 0.0568. The van der Waals surface area contributed by atoms with Gasteiger partial charge >= 0.3 is 0 Å². The third-order valence-electron chi connectivity index (χ3n) is 5.28. The Morgan fingerprint density at radius 3 is 2.45 bits per heavy atom. The predicted molar refractivity (Wildman–Crippen MR) is 115 cm³/mol. The normalized spacial score (nSPS) is 18.6. The summed E-state index contributed by atoms with van der Waals surface area (Å²) in [6.07, 6.45) is 2.88. The van der Waals surface area contributed by atoms with Crippen molar-refractivity contribution in [3.05, 3.63) is 95.8 Å².